The Kier molecular flexibility index (Phi) is 5.45. The zero-order valence-electron chi connectivity index (χ0n) is 17.2. The van der Waals surface area contributed by atoms with Crippen LogP contribution in [0.25, 0.3) is 11.2 Å². The zero-order chi connectivity index (χ0) is 23.0. The smallest absolute Gasteiger partial charge is 0.332 e. The normalized spacial score (nSPS) is 11.5. The zero-order valence-corrected chi connectivity index (χ0v) is 17.9. The number of hydrogen-bond acceptors (Lipinski definition) is 7. The Morgan fingerprint density at radius 3 is 2.59 bits per heavy atom. The average Bonchev–Trinajstić information content (AvgIpc) is 3.12. The van der Waals surface area contributed by atoms with Gasteiger partial charge in [0.05, 0.1) is 12.8 Å². The highest BCUT2D eigenvalue weighted by molar-refractivity contribution is 6.31. The van der Waals surface area contributed by atoms with E-state index in [4.69, 9.17) is 11.6 Å². The molecule has 0 aliphatic heterocycles. The number of fused-ring (bicyclic) bond motifs is 1. The monoisotopic (exact) mass is 454 g/mol. The van der Waals surface area contributed by atoms with Crippen molar-refractivity contribution in [1.82, 2.24) is 18.7 Å². The van der Waals surface area contributed by atoms with Gasteiger partial charge in [0.2, 0.25) is 5.95 Å². The predicted octanol–water partition coefficient (Wildman–Crippen LogP) is 1.99. The molecule has 3 N–H and O–H groups in total. The number of phenolic OH excluding ortho intramolecular Hbond substituents is 2. The second kappa shape index (κ2) is 8.23. The number of hydrogen-bond donors (Lipinski definition) is 3. The lowest BCUT2D eigenvalue weighted by Crippen LogP contribution is -2.37. The van der Waals surface area contributed by atoms with Crippen LogP contribution in [0, 0.1) is 0 Å². The number of aryl methyl sites for hydroxylation is 1. The fraction of sp³-hybridized carbons (Fsp3) is 0.143. The molecule has 2 heterocycles. The summed E-state index contributed by atoms with van der Waals surface area (Å²) in [5.74, 6) is -0.0324. The molecular formula is C21H19ClN6O4. The third-order valence-corrected chi connectivity index (χ3v) is 5.39. The molecule has 164 valence electrons. The summed E-state index contributed by atoms with van der Waals surface area (Å²) in [7, 11) is 2.92. The van der Waals surface area contributed by atoms with Gasteiger partial charge >= 0.3 is 5.69 Å². The number of aromatic nitrogens is 4. The summed E-state index contributed by atoms with van der Waals surface area (Å²) in [6.07, 6.45) is 1.34. The first kappa shape index (κ1) is 21.2. The molecule has 4 rings (SSSR count). The van der Waals surface area contributed by atoms with Gasteiger partial charge in [0.25, 0.3) is 5.56 Å². The van der Waals surface area contributed by atoms with Crippen molar-refractivity contribution in [3.05, 3.63) is 79.5 Å². The minimum Gasteiger partial charge on any atom is -0.508 e. The summed E-state index contributed by atoms with van der Waals surface area (Å²) in [6.45, 7) is 0.200. The van der Waals surface area contributed by atoms with Crippen LogP contribution in [-0.2, 0) is 20.6 Å². The molecular weight excluding hydrogens is 436 g/mol. The van der Waals surface area contributed by atoms with E-state index in [0.29, 0.717) is 10.6 Å². The molecule has 0 radical (unpaired) electrons. The van der Waals surface area contributed by atoms with E-state index in [1.54, 1.807) is 16.7 Å². The Labute approximate surface area is 186 Å². The van der Waals surface area contributed by atoms with E-state index in [0.717, 1.165) is 10.1 Å². The van der Waals surface area contributed by atoms with Gasteiger partial charge in [-0.05, 0) is 23.8 Å². The van der Waals surface area contributed by atoms with Crippen molar-refractivity contribution in [2.24, 2.45) is 19.2 Å². The van der Waals surface area contributed by atoms with Crippen molar-refractivity contribution in [2.45, 2.75) is 6.54 Å². The van der Waals surface area contributed by atoms with Crippen LogP contribution in [0.2, 0.25) is 5.02 Å². The molecule has 4 aromatic rings. The van der Waals surface area contributed by atoms with E-state index in [2.05, 4.69) is 15.5 Å². The van der Waals surface area contributed by atoms with Gasteiger partial charge in [0, 0.05) is 30.7 Å². The number of halogens is 1. The molecule has 0 saturated carbocycles. The van der Waals surface area contributed by atoms with E-state index in [1.807, 2.05) is 12.1 Å². The summed E-state index contributed by atoms with van der Waals surface area (Å²) >= 11 is 6.32. The van der Waals surface area contributed by atoms with Gasteiger partial charge in [-0.25, -0.2) is 10.2 Å². The van der Waals surface area contributed by atoms with Gasteiger partial charge in [0.1, 0.15) is 11.5 Å². The van der Waals surface area contributed by atoms with Crippen LogP contribution in [0.15, 0.2) is 57.2 Å². The Balaban J connectivity index is 1.84. The second-order valence-electron chi connectivity index (χ2n) is 7.10. The van der Waals surface area contributed by atoms with E-state index in [9.17, 15) is 19.8 Å². The number of rotatable bonds is 5. The highest BCUT2D eigenvalue weighted by atomic mass is 35.5. The summed E-state index contributed by atoms with van der Waals surface area (Å²) < 4.78 is 3.88. The van der Waals surface area contributed by atoms with E-state index < -0.39 is 11.2 Å². The van der Waals surface area contributed by atoms with Gasteiger partial charge in [-0.1, -0.05) is 29.8 Å². The van der Waals surface area contributed by atoms with Crippen LogP contribution in [-0.4, -0.2) is 35.1 Å². The van der Waals surface area contributed by atoms with Gasteiger partial charge < -0.3 is 10.2 Å². The molecule has 0 atom stereocenters. The number of phenols is 2. The Bertz CT molecular complexity index is 1480. The van der Waals surface area contributed by atoms with Gasteiger partial charge in [0.15, 0.2) is 11.2 Å². The summed E-state index contributed by atoms with van der Waals surface area (Å²) in [4.78, 5) is 29.7. The molecule has 0 saturated heterocycles. The number of aromatic hydroxyl groups is 2. The first-order valence-electron chi connectivity index (χ1n) is 9.48. The molecule has 2 aromatic carbocycles. The third kappa shape index (κ3) is 3.71. The molecule has 32 heavy (non-hydrogen) atoms. The maximum Gasteiger partial charge on any atom is 0.332 e. The number of benzene rings is 2. The number of anilines is 1. The van der Waals surface area contributed by atoms with Crippen LogP contribution in [0.4, 0.5) is 5.95 Å². The Morgan fingerprint density at radius 1 is 1.12 bits per heavy atom. The molecule has 11 heteroatoms. The first-order valence-corrected chi connectivity index (χ1v) is 9.86. The fourth-order valence-corrected chi connectivity index (χ4v) is 3.48. The minimum absolute atomic E-state index is 0.0779. The highest BCUT2D eigenvalue weighted by Crippen LogP contribution is 2.23. The molecule has 0 unspecified atom stereocenters. The number of imidazole rings is 1. The number of nitrogens with zero attached hydrogens (tertiary/aromatic N) is 5. The maximum absolute atomic E-state index is 12.9. The summed E-state index contributed by atoms with van der Waals surface area (Å²) in [5.41, 5.74) is 3.25. The molecule has 0 amide bonds. The number of hydrazone groups is 1. The Hall–Kier alpha value is -4.05. The van der Waals surface area contributed by atoms with Crippen LogP contribution < -0.4 is 16.7 Å². The molecule has 0 fully saturated rings. The topological polar surface area (TPSA) is 127 Å². The van der Waals surface area contributed by atoms with E-state index >= 15 is 0 Å². The maximum atomic E-state index is 12.9. The second-order valence-corrected chi connectivity index (χ2v) is 7.51. The van der Waals surface area contributed by atoms with E-state index in [1.165, 1.54) is 43.1 Å². The minimum atomic E-state index is -0.506. The molecule has 0 aliphatic carbocycles. The number of nitrogens with one attached hydrogen (secondary N) is 1. The molecule has 10 nitrogen and oxygen atoms in total. The van der Waals surface area contributed by atoms with Crippen molar-refractivity contribution < 1.29 is 10.2 Å². The van der Waals surface area contributed by atoms with E-state index in [-0.39, 0.29) is 35.2 Å². The lowest BCUT2D eigenvalue weighted by Gasteiger charge is -2.10. The molecule has 0 aliphatic rings. The highest BCUT2D eigenvalue weighted by Gasteiger charge is 2.19. The summed E-state index contributed by atoms with van der Waals surface area (Å²) in [5, 5.41) is 23.9. The van der Waals surface area contributed by atoms with Crippen LogP contribution in [0.1, 0.15) is 11.1 Å². The first-order chi connectivity index (χ1) is 15.3. The third-order valence-electron chi connectivity index (χ3n) is 5.02. The predicted molar refractivity (Wildman–Crippen MR) is 122 cm³/mol. The van der Waals surface area contributed by atoms with Gasteiger partial charge in [-0.3, -0.25) is 18.5 Å². The van der Waals surface area contributed by atoms with Gasteiger partial charge in [-0.2, -0.15) is 10.1 Å². The quantitative estimate of drug-likeness (QED) is 0.312. The molecule has 2 aromatic heterocycles. The SMILES string of the molecule is Cn1c(=O)c2c(nc(N/N=C/c3ccc(O)cc3O)n2Cc2ccccc2Cl)n(C)c1=O. The fourth-order valence-electron chi connectivity index (χ4n) is 3.28. The van der Waals surface area contributed by atoms with Crippen LogP contribution >= 0.6 is 11.6 Å². The van der Waals surface area contributed by atoms with Crippen LogP contribution in [0.3, 0.4) is 0 Å². The van der Waals surface area contributed by atoms with Crippen molar-refractivity contribution in [1.29, 1.82) is 0 Å². The van der Waals surface area contributed by atoms with Gasteiger partial charge in [-0.15, -0.1) is 0 Å². The molecule has 0 bridgehead atoms. The largest absolute Gasteiger partial charge is 0.508 e. The average molecular weight is 455 g/mol. The van der Waals surface area contributed by atoms with Crippen molar-refractivity contribution >= 4 is 34.9 Å². The molecule has 0 spiro atoms. The summed E-state index contributed by atoms with van der Waals surface area (Å²) in [6, 6.07) is 11.3. The Morgan fingerprint density at radius 2 is 1.88 bits per heavy atom. The van der Waals surface area contributed by atoms with Crippen molar-refractivity contribution in [3.8, 4) is 11.5 Å². The lowest BCUT2D eigenvalue weighted by atomic mass is 10.2. The van der Waals surface area contributed by atoms with Crippen LogP contribution in [0.5, 0.6) is 11.5 Å². The van der Waals surface area contributed by atoms with Crippen molar-refractivity contribution in [2.75, 3.05) is 5.43 Å². The lowest BCUT2D eigenvalue weighted by molar-refractivity contribution is 0.450. The standard InChI is InChI=1S/C21H19ClN6O4/c1-26-18-17(19(31)27(2)21(26)32)28(11-13-5-3-4-6-15(13)22)20(24-18)25-23-10-12-7-8-14(29)9-16(12)30/h3-10,29-30H,11H2,1-2H3,(H,24,25)/b23-10+. The van der Waals surface area contributed by atoms with Crippen molar-refractivity contribution in [3.63, 3.8) is 0 Å².